The molecular weight excluding hydrogens is 296 g/mol. The zero-order valence-electron chi connectivity index (χ0n) is 13.7. The van der Waals surface area contributed by atoms with Crippen molar-refractivity contribution in [1.82, 2.24) is 4.90 Å². The van der Waals surface area contributed by atoms with Crippen LogP contribution in [0.5, 0.6) is 0 Å². The molecule has 6 nitrogen and oxygen atoms in total. The van der Waals surface area contributed by atoms with Crippen LogP contribution in [-0.4, -0.2) is 56.2 Å². The van der Waals surface area contributed by atoms with Crippen molar-refractivity contribution in [2.75, 3.05) is 38.7 Å². The minimum atomic E-state index is -0.389. The molecule has 1 aliphatic heterocycles. The van der Waals surface area contributed by atoms with Crippen LogP contribution in [0.15, 0.2) is 24.3 Å². The number of carbonyl (C=O) groups excluding carboxylic acids is 2. The van der Waals surface area contributed by atoms with Gasteiger partial charge in [-0.1, -0.05) is 0 Å². The molecule has 1 saturated heterocycles. The number of carbonyl (C=O) groups is 2. The number of amides is 1. The van der Waals surface area contributed by atoms with E-state index in [2.05, 4.69) is 15.0 Å². The smallest absolute Gasteiger partial charge is 0.337 e. The molecule has 0 bridgehead atoms. The van der Waals surface area contributed by atoms with Crippen molar-refractivity contribution in [3.8, 4) is 0 Å². The molecule has 0 saturated carbocycles. The van der Waals surface area contributed by atoms with Gasteiger partial charge in [0.25, 0.3) is 0 Å². The number of benzene rings is 1. The SMILES string of the molecule is CCOC1CCN(CC(=O)Nc2ccc(C(=O)OC)cc2)CC1. The van der Waals surface area contributed by atoms with Gasteiger partial charge in [0.2, 0.25) is 5.91 Å². The van der Waals surface area contributed by atoms with Crippen LogP contribution in [0.2, 0.25) is 0 Å². The Morgan fingerprint density at radius 3 is 2.43 bits per heavy atom. The Morgan fingerprint density at radius 1 is 1.22 bits per heavy atom. The van der Waals surface area contributed by atoms with Crippen LogP contribution in [0, 0.1) is 0 Å². The van der Waals surface area contributed by atoms with Crippen LogP contribution >= 0.6 is 0 Å². The summed E-state index contributed by atoms with van der Waals surface area (Å²) in [5.74, 6) is -0.439. The van der Waals surface area contributed by atoms with Gasteiger partial charge in [-0.25, -0.2) is 4.79 Å². The van der Waals surface area contributed by atoms with Crippen molar-refractivity contribution in [3.05, 3.63) is 29.8 Å². The van der Waals surface area contributed by atoms with Crippen LogP contribution in [0.4, 0.5) is 5.69 Å². The second kappa shape index (κ2) is 8.64. The molecule has 0 atom stereocenters. The molecule has 1 aromatic rings. The molecule has 126 valence electrons. The molecule has 1 aromatic carbocycles. The number of hydrogen-bond donors (Lipinski definition) is 1. The van der Waals surface area contributed by atoms with Crippen LogP contribution in [0.25, 0.3) is 0 Å². The summed E-state index contributed by atoms with van der Waals surface area (Å²) in [5.41, 5.74) is 1.13. The number of anilines is 1. The normalized spacial score (nSPS) is 16.1. The number of rotatable bonds is 6. The van der Waals surface area contributed by atoms with Crippen molar-refractivity contribution in [1.29, 1.82) is 0 Å². The number of hydrogen-bond acceptors (Lipinski definition) is 5. The third kappa shape index (κ3) is 5.33. The van der Waals surface area contributed by atoms with E-state index in [1.807, 2.05) is 6.92 Å². The van der Waals surface area contributed by atoms with Crippen molar-refractivity contribution < 1.29 is 19.1 Å². The average Bonchev–Trinajstić information content (AvgIpc) is 2.57. The van der Waals surface area contributed by atoms with Gasteiger partial charge in [0, 0.05) is 25.4 Å². The van der Waals surface area contributed by atoms with Crippen LogP contribution in [-0.2, 0) is 14.3 Å². The topological polar surface area (TPSA) is 67.9 Å². The van der Waals surface area contributed by atoms with E-state index in [1.165, 1.54) is 7.11 Å². The number of nitrogens with zero attached hydrogens (tertiary/aromatic N) is 1. The maximum absolute atomic E-state index is 12.1. The molecule has 1 fully saturated rings. The summed E-state index contributed by atoms with van der Waals surface area (Å²) in [5, 5.41) is 2.85. The quantitative estimate of drug-likeness (QED) is 0.811. The summed E-state index contributed by atoms with van der Waals surface area (Å²) in [6.45, 7) is 4.87. The number of methoxy groups -OCH3 is 1. The third-order valence-corrected chi connectivity index (χ3v) is 3.89. The maximum atomic E-state index is 12.1. The molecule has 6 heteroatoms. The third-order valence-electron chi connectivity index (χ3n) is 3.89. The minimum absolute atomic E-state index is 0.0503. The summed E-state index contributed by atoms with van der Waals surface area (Å²) in [6.07, 6.45) is 2.26. The minimum Gasteiger partial charge on any atom is -0.465 e. The fourth-order valence-corrected chi connectivity index (χ4v) is 2.68. The molecule has 23 heavy (non-hydrogen) atoms. The first-order valence-corrected chi connectivity index (χ1v) is 7.94. The summed E-state index contributed by atoms with van der Waals surface area (Å²) in [7, 11) is 1.34. The van der Waals surface area contributed by atoms with Crippen molar-refractivity contribution in [3.63, 3.8) is 0 Å². The molecule has 1 amide bonds. The molecule has 0 spiro atoms. The zero-order valence-corrected chi connectivity index (χ0v) is 13.7. The Labute approximate surface area is 136 Å². The molecule has 2 rings (SSSR count). The van der Waals surface area contributed by atoms with Gasteiger partial charge in [-0.2, -0.15) is 0 Å². The standard InChI is InChI=1S/C17H24N2O4/c1-3-23-15-8-10-19(11-9-15)12-16(20)18-14-6-4-13(5-7-14)17(21)22-2/h4-7,15H,3,8-12H2,1-2H3,(H,18,20). The highest BCUT2D eigenvalue weighted by Crippen LogP contribution is 2.14. The average molecular weight is 320 g/mol. The predicted octanol–water partition coefficient (Wildman–Crippen LogP) is 1.91. The lowest BCUT2D eigenvalue weighted by atomic mass is 10.1. The van der Waals surface area contributed by atoms with Gasteiger partial charge in [0.15, 0.2) is 0 Å². The Kier molecular flexibility index (Phi) is 6.55. The first-order valence-electron chi connectivity index (χ1n) is 7.94. The molecule has 0 aromatic heterocycles. The van der Waals surface area contributed by atoms with E-state index in [1.54, 1.807) is 24.3 Å². The zero-order chi connectivity index (χ0) is 16.7. The van der Waals surface area contributed by atoms with Crippen molar-refractivity contribution >= 4 is 17.6 Å². The van der Waals surface area contributed by atoms with Gasteiger partial charge in [0.1, 0.15) is 0 Å². The summed E-state index contributed by atoms with van der Waals surface area (Å²) < 4.78 is 10.2. The Morgan fingerprint density at radius 2 is 1.87 bits per heavy atom. The van der Waals surface area contributed by atoms with E-state index >= 15 is 0 Å². The van der Waals surface area contributed by atoms with E-state index < -0.39 is 0 Å². The highest BCUT2D eigenvalue weighted by atomic mass is 16.5. The van der Waals surface area contributed by atoms with E-state index in [9.17, 15) is 9.59 Å². The second-order valence-electron chi connectivity index (χ2n) is 5.55. The Balaban J connectivity index is 1.78. The number of esters is 1. The van der Waals surface area contributed by atoms with E-state index in [0.717, 1.165) is 32.5 Å². The molecule has 0 unspecified atom stereocenters. The monoisotopic (exact) mass is 320 g/mol. The van der Waals surface area contributed by atoms with Gasteiger partial charge in [0.05, 0.1) is 25.3 Å². The van der Waals surface area contributed by atoms with Crippen molar-refractivity contribution in [2.24, 2.45) is 0 Å². The van der Waals surface area contributed by atoms with E-state index in [4.69, 9.17) is 4.74 Å². The maximum Gasteiger partial charge on any atom is 0.337 e. The highest BCUT2D eigenvalue weighted by molar-refractivity contribution is 5.93. The van der Waals surface area contributed by atoms with Crippen LogP contribution in [0.1, 0.15) is 30.1 Å². The summed E-state index contributed by atoms with van der Waals surface area (Å²) in [4.78, 5) is 25.6. The van der Waals surface area contributed by atoms with E-state index in [-0.39, 0.29) is 11.9 Å². The van der Waals surface area contributed by atoms with Crippen molar-refractivity contribution in [2.45, 2.75) is 25.9 Å². The predicted molar refractivity (Wildman–Crippen MR) is 87.5 cm³/mol. The van der Waals surface area contributed by atoms with Crippen LogP contribution < -0.4 is 5.32 Å². The number of piperidine rings is 1. The lowest BCUT2D eigenvalue weighted by Gasteiger charge is -2.31. The number of nitrogens with one attached hydrogen (secondary N) is 1. The largest absolute Gasteiger partial charge is 0.465 e. The van der Waals surface area contributed by atoms with E-state index in [0.29, 0.717) is 23.9 Å². The highest BCUT2D eigenvalue weighted by Gasteiger charge is 2.20. The van der Waals surface area contributed by atoms with Gasteiger partial charge >= 0.3 is 5.97 Å². The Bertz CT molecular complexity index is 522. The molecular formula is C17H24N2O4. The molecule has 1 N–H and O–H groups in total. The summed E-state index contributed by atoms with van der Waals surface area (Å²) in [6, 6.07) is 6.67. The number of likely N-dealkylation sites (tertiary alicyclic amines) is 1. The lowest BCUT2D eigenvalue weighted by molar-refractivity contribution is -0.118. The van der Waals surface area contributed by atoms with Gasteiger partial charge < -0.3 is 14.8 Å². The summed E-state index contributed by atoms with van der Waals surface area (Å²) >= 11 is 0. The fraction of sp³-hybridized carbons (Fsp3) is 0.529. The molecule has 0 radical (unpaired) electrons. The number of ether oxygens (including phenoxy) is 2. The first kappa shape index (κ1) is 17.4. The van der Waals surface area contributed by atoms with Gasteiger partial charge in [-0.15, -0.1) is 0 Å². The lowest BCUT2D eigenvalue weighted by Crippen LogP contribution is -2.41. The van der Waals surface area contributed by atoms with Gasteiger partial charge in [-0.3, -0.25) is 9.69 Å². The van der Waals surface area contributed by atoms with Crippen LogP contribution in [0.3, 0.4) is 0 Å². The molecule has 0 aliphatic carbocycles. The van der Waals surface area contributed by atoms with Gasteiger partial charge in [-0.05, 0) is 44.0 Å². The molecule has 1 heterocycles. The molecule has 1 aliphatic rings. The fourth-order valence-electron chi connectivity index (χ4n) is 2.68. The Hall–Kier alpha value is -1.92. The second-order valence-corrected chi connectivity index (χ2v) is 5.55. The first-order chi connectivity index (χ1) is 11.1.